The predicted octanol–water partition coefficient (Wildman–Crippen LogP) is 3.63. The van der Waals surface area contributed by atoms with Crippen LogP contribution in [-0.4, -0.2) is 19.8 Å². The molecule has 0 aliphatic heterocycles. The molecule has 2 nitrogen and oxygen atoms in total. The topological polar surface area (TPSA) is 21.3 Å². The minimum absolute atomic E-state index is 0.249. The fourth-order valence-electron chi connectivity index (χ4n) is 1.39. The first-order chi connectivity index (χ1) is 7.67. The largest absolute Gasteiger partial charge is 0.305 e. The van der Waals surface area contributed by atoms with Gasteiger partial charge in [-0.3, -0.25) is 0 Å². The van der Waals surface area contributed by atoms with Crippen LogP contribution < -0.4 is 5.48 Å². The van der Waals surface area contributed by atoms with Crippen LogP contribution in [0.3, 0.4) is 0 Å². The molecule has 0 spiro atoms. The van der Waals surface area contributed by atoms with Gasteiger partial charge in [0.1, 0.15) is 6.67 Å². The van der Waals surface area contributed by atoms with Gasteiger partial charge in [0.05, 0.1) is 13.2 Å². The minimum Gasteiger partial charge on any atom is -0.305 e. The molecule has 0 aromatic heterocycles. The molecular formula is C11H14Br2FNO. The van der Waals surface area contributed by atoms with Crippen LogP contribution in [0.1, 0.15) is 12.0 Å². The Morgan fingerprint density at radius 2 is 2.19 bits per heavy atom. The summed E-state index contributed by atoms with van der Waals surface area (Å²) in [4.78, 5) is 4.72. The summed E-state index contributed by atoms with van der Waals surface area (Å²) in [6, 6.07) is 5.74. The maximum Gasteiger partial charge on any atom is 0.107 e. The van der Waals surface area contributed by atoms with Gasteiger partial charge >= 0.3 is 0 Å². The molecule has 0 fully saturated rings. The molecule has 1 atom stereocenters. The Balaban J connectivity index is 2.53. The third-order valence-electron chi connectivity index (χ3n) is 2.25. The van der Waals surface area contributed by atoms with Crippen molar-refractivity contribution in [3.63, 3.8) is 0 Å². The second-order valence-electron chi connectivity index (χ2n) is 3.45. The number of halogens is 3. The normalized spacial score (nSPS) is 12.8. The molecule has 5 heteroatoms. The highest BCUT2D eigenvalue weighted by Crippen LogP contribution is 2.23. The van der Waals surface area contributed by atoms with E-state index in [1.165, 1.54) is 12.7 Å². The van der Waals surface area contributed by atoms with E-state index in [9.17, 15) is 4.39 Å². The molecule has 0 bridgehead atoms. The van der Waals surface area contributed by atoms with Gasteiger partial charge < -0.3 is 4.84 Å². The van der Waals surface area contributed by atoms with Crippen LogP contribution >= 0.6 is 31.9 Å². The van der Waals surface area contributed by atoms with E-state index < -0.39 is 6.67 Å². The number of aryl methyl sites for hydroxylation is 1. The molecule has 0 heterocycles. The molecule has 0 aliphatic carbocycles. The van der Waals surface area contributed by atoms with Gasteiger partial charge in [-0.2, -0.15) is 5.48 Å². The number of rotatable bonds is 6. The Morgan fingerprint density at radius 1 is 1.44 bits per heavy atom. The van der Waals surface area contributed by atoms with E-state index >= 15 is 0 Å². The third kappa shape index (κ3) is 4.49. The monoisotopic (exact) mass is 353 g/mol. The second kappa shape index (κ2) is 7.37. The average Bonchev–Trinajstić information content (AvgIpc) is 2.26. The molecule has 1 rings (SSSR count). The van der Waals surface area contributed by atoms with Crippen molar-refractivity contribution in [2.24, 2.45) is 0 Å². The first-order valence-electron chi connectivity index (χ1n) is 4.95. The minimum atomic E-state index is -0.429. The van der Waals surface area contributed by atoms with E-state index in [1.54, 1.807) is 0 Å². The smallest absolute Gasteiger partial charge is 0.107 e. The molecule has 1 unspecified atom stereocenters. The molecule has 1 N–H and O–H groups in total. The highest BCUT2D eigenvalue weighted by molar-refractivity contribution is 9.11. The summed E-state index contributed by atoms with van der Waals surface area (Å²) in [6.07, 6.45) is 1.50. The SMILES string of the molecule is CONC(CF)CCc1ccc(Br)cc1Br. The highest BCUT2D eigenvalue weighted by atomic mass is 79.9. The van der Waals surface area contributed by atoms with Gasteiger partial charge in [-0.25, -0.2) is 4.39 Å². The predicted molar refractivity (Wildman–Crippen MR) is 70.1 cm³/mol. The Labute approximate surface area is 112 Å². The lowest BCUT2D eigenvalue weighted by Gasteiger charge is -2.13. The zero-order chi connectivity index (χ0) is 12.0. The number of nitrogens with one attached hydrogen (secondary N) is 1. The standard InChI is InChI=1S/C11H14Br2FNO/c1-16-15-10(7-14)5-3-8-2-4-9(12)6-11(8)13/h2,4,6,10,15H,3,5,7H2,1H3. The molecule has 0 saturated heterocycles. The van der Waals surface area contributed by atoms with Gasteiger partial charge in [0, 0.05) is 8.95 Å². The molecule has 1 aromatic rings. The second-order valence-corrected chi connectivity index (χ2v) is 5.22. The van der Waals surface area contributed by atoms with Crippen LogP contribution in [0, 0.1) is 0 Å². The van der Waals surface area contributed by atoms with Crippen molar-refractivity contribution in [1.29, 1.82) is 0 Å². The van der Waals surface area contributed by atoms with Gasteiger partial charge in [-0.05, 0) is 30.5 Å². The molecule has 1 aromatic carbocycles. The van der Waals surface area contributed by atoms with Crippen LogP contribution in [0.2, 0.25) is 0 Å². The van der Waals surface area contributed by atoms with Gasteiger partial charge in [0.2, 0.25) is 0 Å². The molecule has 16 heavy (non-hydrogen) atoms. The van der Waals surface area contributed by atoms with Gasteiger partial charge in [0.25, 0.3) is 0 Å². The van der Waals surface area contributed by atoms with E-state index in [0.29, 0.717) is 6.42 Å². The van der Waals surface area contributed by atoms with Gasteiger partial charge in [-0.15, -0.1) is 0 Å². The lowest BCUT2D eigenvalue weighted by atomic mass is 10.1. The lowest BCUT2D eigenvalue weighted by Crippen LogP contribution is -2.30. The van der Waals surface area contributed by atoms with Gasteiger partial charge in [0.15, 0.2) is 0 Å². The van der Waals surface area contributed by atoms with Crippen molar-refractivity contribution in [3.8, 4) is 0 Å². The molecular weight excluding hydrogens is 341 g/mol. The molecule has 0 radical (unpaired) electrons. The molecule has 0 aliphatic rings. The maximum absolute atomic E-state index is 12.6. The van der Waals surface area contributed by atoms with Crippen LogP contribution in [-0.2, 0) is 11.3 Å². The molecule has 0 saturated carbocycles. The lowest BCUT2D eigenvalue weighted by molar-refractivity contribution is 0.0499. The van der Waals surface area contributed by atoms with Gasteiger partial charge in [-0.1, -0.05) is 37.9 Å². The van der Waals surface area contributed by atoms with Crippen LogP contribution in [0.5, 0.6) is 0 Å². The fraction of sp³-hybridized carbons (Fsp3) is 0.455. The third-order valence-corrected chi connectivity index (χ3v) is 3.48. The van der Waals surface area contributed by atoms with E-state index in [-0.39, 0.29) is 6.04 Å². The van der Waals surface area contributed by atoms with Crippen molar-refractivity contribution in [3.05, 3.63) is 32.7 Å². The molecule has 90 valence electrons. The summed E-state index contributed by atoms with van der Waals surface area (Å²) in [5.74, 6) is 0. The van der Waals surface area contributed by atoms with Crippen molar-refractivity contribution in [1.82, 2.24) is 5.48 Å². The first kappa shape index (κ1) is 14.1. The Morgan fingerprint density at radius 3 is 2.75 bits per heavy atom. The Bertz CT molecular complexity index is 336. The first-order valence-corrected chi connectivity index (χ1v) is 6.54. The Hall–Kier alpha value is 0.0300. The van der Waals surface area contributed by atoms with E-state index in [4.69, 9.17) is 4.84 Å². The highest BCUT2D eigenvalue weighted by Gasteiger charge is 2.09. The Kier molecular flexibility index (Phi) is 6.49. The quantitative estimate of drug-likeness (QED) is 0.787. The van der Waals surface area contributed by atoms with Crippen LogP contribution in [0.15, 0.2) is 27.1 Å². The summed E-state index contributed by atoms with van der Waals surface area (Å²) < 4.78 is 14.6. The zero-order valence-corrected chi connectivity index (χ0v) is 12.1. The maximum atomic E-state index is 12.6. The number of benzene rings is 1. The van der Waals surface area contributed by atoms with Crippen molar-refractivity contribution < 1.29 is 9.23 Å². The molecule has 0 amide bonds. The van der Waals surface area contributed by atoms with E-state index in [2.05, 4.69) is 37.3 Å². The van der Waals surface area contributed by atoms with E-state index in [0.717, 1.165) is 15.4 Å². The number of alkyl halides is 1. The summed E-state index contributed by atoms with van der Waals surface area (Å²) in [6.45, 7) is -0.429. The van der Waals surface area contributed by atoms with Crippen LogP contribution in [0.4, 0.5) is 4.39 Å². The zero-order valence-electron chi connectivity index (χ0n) is 8.97. The van der Waals surface area contributed by atoms with Crippen LogP contribution in [0.25, 0.3) is 0 Å². The van der Waals surface area contributed by atoms with Crippen molar-refractivity contribution >= 4 is 31.9 Å². The fourth-order valence-corrected chi connectivity index (χ4v) is 2.63. The summed E-state index contributed by atoms with van der Waals surface area (Å²) in [5, 5.41) is 0. The summed E-state index contributed by atoms with van der Waals surface area (Å²) >= 11 is 6.88. The number of hydrogen-bond donors (Lipinski definition) is 1. The summed E-state index contributed by atoms with van der Waals surface area (Å²) in [7, 11) is 1.50. The number of hydrogen-bond acceptors (Lipinski definition) is 2. The average molecular weight is 355 g/mol. The van der Waals surface area contributed by atoms with Crippen molar-refractivity contribution in [2.45, 2.75) is 18.9 Å². The van der Waals surface area contributed by atoms with Crippen molar-refractivity contribution in [2.75, 3.05) is 13.8 Å². The van der Waals surface area contributed by atoms with E-state index in [1.807, 2.05) is 18.2 Å². The number of hydroxylamine groups is 1. The summed E-state index contributed by atoms with van der Waals surface area (Å²) in [5.41, 5.74) is 3.80.